The van der Waals surface area contributed by atoms with Crippen molar-refractivity contribution < 1.29 is 13.8 Å². The fourth-order valence-electron chi connectivity index (χ4n) is 1.32. The van der Waals surface area contributed by atoms with E-state index in [9.17, 15) is 9.36 Å². The van der Waals surface area contributed by atoms with Crippen LogP contribution in [0.2, 0.25) is 0 Å². The molecule has 94 valence electrons. The summed E-state index contributed by atoms with van der Waals surface area (Å²) < 4.78 is 16.3. The molecule has 0 radical (unpaired) electrons. The topological polar surface area (TPSA) is 124 Å². The number of amides is 1. The third-order valence-electron chi connectivity index (χ3n) is 1.97. The largest absolute Gasteiger partial charge is 0.437 e. The minimum atomic E-state index is -3.57. The van der Waals surface area contributed by atoms with E-state index in [1.165, 1.54) is 6.08 Å². The number of carbonyl (C=O) groups is 1. The Balaban J connectivity index is 2.13. The van der Waals surface area contributed by atoms with Gasteiger partial charge < -0.3 is 4.42 Å². The highest BCUT2D eigenvalue weighted by molar-refractivity contribution is 7.57. The third-order valence-corrected chi connectivity index (χ3v) is 2.54. The molecular formula is C10H11N4O3P. The normalized spacial score (nSPS) is 12.1. The van der Waals surface area contributed by atoms with Crippen LogP contribution in [0, 0.1) is 0 Å². The highest BCUT2D eigenvalue weighted by Crippen LogP contribution is 2.18. The van der Waals surface area contributed by atoms with Gasteiger partial charge in [-0.15, -0.1) is 0 Å². The molecule has 2 aromatic rings. The summed E-state index contributed by atoms with van der Waals surface area (Å²) in [6.07, 6.45) is 2.43. The average molecular weight is 266 g/mol. The Labute approximate surface area is 102 Å². The zero-order chi connectivity index (χ0) is 13.2. The van der Waals surface area contributed by atoms with Crippen LogP contribution in [0.15, 0.2) is 34.8 Å². The van der Waals surface area contributed by atoms with Crippen molar-refractivity contribution in [1.29, 1.82) is 0 Å². The van der Waals surface area contributed by atoms with Crippen LogP contribution in [0.1, 0.15) is 5.89 Å². The predicted molar refractivity (Wildman–Crippen MR) is 67.2 cm³/mol. The fourth-order valence-corrected chi connectivity index (χ4v) is 1.74. The molecule has 0 atom stereocenters. The molecule has 5 N–H and O–H groups in total. The number of para-hydroxylation sites is 2. The second-order valence-corrected chi connectivity index (χ2v) is 5.18. The van der Waals surface area contributed by atoms with E-state index in [1.54, 1.807) is 12.1 Å². The highest BCUT2D eigenvalue weighted by atomic mass is 31.2. The van der Waals surface area contributed by atoms with Crippen LogP contribution in [0.25, 0.3) is 17.2 Å². The first kappa shape index (κ1) is 12.5. The van der Waals surface area contributed by atoms with E-state index >= 15 is 0 Å². The standard InChI is InChI=1S/C10H11N4O3P/c11-18(12,16)14-9(15)5-6-10-13-7-3-1-2-4-8(7)17-10/h1-6H,(H5,11,12,14,15,16). The molecule has 0 spiro atoms. The zero-order valence-corrected chi connectivity index (χ0v) is 10.1. The molecule has 0 saturated heterocycles. The Morgan fingerprint density at radius 1 is 1.39 bits per heavy atom. The molecule has 1 heterocycles. The molecular weight excluding hydrogens is 255 g/mol. The van der Waals surface area contributed by atoms with E-state index in [1.807, 2.05) is 17.2 Å². The number of aromatic nitrogens is 1. The van der Waals surface area contributed by atoms with Crippen molar-refractivity contribution in [2.24, 2.45) is 11.0 Å². The number of benzene rings is 1. The average Bonchev–Trinajstić information content (AvgIpc) is 2.66. The molecule has 0 saturated carbocycles. The summed E-state index contributed by atoms with van der Waals surface area (Å²) in [5.41, 5.74) is 11.3. The van der Waals surface area contributed by atoms with Gasteiger partial charge in [-0.3, -0.25) is 25.5 Å². The number of hydrogen-bond donors (Lipinski definition) is 3. The molecule has 7 nitrogen and oxygen atoms in total. The van der Waals surface area contributed by atoms with Crippen LogP contribution >= 0.6 is 7.59 Å². The monoisotopic (exact) mass is 266 g/mol. The molecule has 0 unspecified atom stereocenters. The molecule has 0 fully saturated rings. The Morgan fingerprint density at radius 3 is 2.78 bits per heavy atom. The van der Waals surface area contributed by atoms with Crippen LogP contribution < -0.4 is 16.1 Å². The molecule has 1 amide bonds. The highest BCUT2D eigenvalue weighted by Gasteiger charge is 2.10. The van der Waals surface area contributed by atoms with E-state index in [-0.39, 0.29) is 5.89 Å². The lowest BCUT2D eigenvalue weighted by molar-refractivity contribution is -0.114. The van der Waals surface area contributed by atoms with Crippen molar-refractivity contribution in [3.05, 3.63) is 36.2 Å². The number of oxazole rings is 1. The second-order valence-electron chi connectivity index (χ2n) is 3.54. The number of fused-ring (bicyclic) bond motifs is 1. The Kier molecular flexibility index (Phi) is 3.29. The number of nitrogens with one attached hydrogen (secondary N) is 1. The van der Waals surface area contributed by atoms with Crippen molar-refractivity contribution in [3.63, 3.8) is 0 Å². The lowest BCUT2D eigenvalue weighted by Gasteiger charge is -2.04. The molecule has 1 aromatic heterocycles. The number of rotatable bonds is 3. The van der Waals surface area contributed by atoms with Gasteiger partial charge in [0.2, 0.25) is 5.89 Å². The van der Waals surface area contributed by atoms with Gasteiger partial charge in [0.25, 0.3) is 5.91 Å². The van der Waals surface area contributed by atoms with E-state index in [4.69, 9.17) is 15.4 Å². The maximum absolute atomic E-state index is 11.2. The molecule has 0 aliphatic heterocycles. The second kappa shape index (κ2) is 4.73. The molecule has 2 rings (SSSR count). The molecule has 0 aliphatic rings. The number of hydrogen-bond acceptors (Lipinski definition) is 4. The van der Waals surface area contributed by atoms with Crippen molar-refractivity contribution >= 4 is 30.7 Å². The lowest BCUT2D eigenvalue weighted by atomic mass is 10.3. The van der Waals surface area contributed by atoms with E-state index < -0.39 is 13.5 Å². The predicted octanol–water partition coefficient (Wildman–Crippen LogP) is 0.983. The number of nitrogens with two attached hydrogens (primary N) is 2. The van der Waals surface area contributed by atoms with Gasteiger partial charge in [0.15, 0.2) is 5.58 Å². The van der Waals surface area contributed by atoms with Gasteiger partial charge in [-0.2, -0.15) is 0 Å². The van der Waals surface area contributed by atoms with Crippen molar-refractivity contribution in [2.45, 2.75) is 0 Å². The van der Waals surface area contributed by atoms with Gasteiger partial charge in [-0.1, -0.05) is 12.1 Å². The van der Waals surface area contributed by atoms with Crippen molar-refractivity contribution in [3.8, 4) is 0 Å². The van der Waals surface area contributed by atoms with Crippen LogP contribution in [-0.4, -0.2) is 10.9 Å². The maximum Gasteiger partial charge on any atom is 0.300 e. The van der Waals surface area contributed by atoms with Crippen LogP contribution in [-0.2, 0) is 9.36 Å². The summed E-state index contributed by atoms with van der Waals surface area (Å²) in [6, 6.07) is 7.18. The minimum absolute atomic E-state index is 0.259. The third kappa shape index (κ3) is 3.27. The van der Waals surface area contributed by atoms with Gasteiger partial charge >= 0.3 is 7.59 Å². The number of carbonyl (C=O) groups excluding carboxylic acids is 1. The summed E-state index contributed by atoms with van der Waals surface area (Å²) >= 11 is 0. The Morgan fingerprint density at radius 2 is 2.11 bits per heavy atom. The van der Waals surface area contributed by atoms with E-state index in [0.29, 0.717) is 11.1 Å². The Bertz CT molecular complexity index is 625. The molecule has 0 bridgehead atoms. The summed E-state index contributed by atoms with van der Waals surface area (Å²) in [7, 11) is -3.57. The summed E-state index contributed by atoms with van der Waals surface area (Å²) in [6.45, 7) is 0. The molecule has 18 heavy (non-hydrogen) atoms. The minimum Gasteiger partial charge on any atom is -0.437 e. The van der Waals surface area contributed by atoms with Gasteiger partial charge in [0, 0.05) is 12.2 Å². The summed E-state index contributed by atoms with van der Waals surface area (Å²) in [4.78, 5) is 15.4. The number of nitrogens with zero attached hydrogens (tertiary/aromatic N) is 1. The van der Waals surface area contributed by atoms with Gasteiger partial charge in [-0.25, -0.2) is 4.98 Å². The summed E-state index contributed by atoms with van der Waals surface area (Å²) in [5, 5.41) is 1.94. The fraction of sp³-hybridized carbons (Fsp3) is 0. The maximum atomic E-state index is 11.2. The van der Waals surface area contributed by atoms with E-state index in [0.717, 1.165) is 6.08 Å². The zero-order valence-electron chi connectivity index (χ0n) is 9.24. The first-order chi connectivity index (χ1) is 8.44. The van der Waals surface area contributed by atoms with Crippen LogP contribution in [0.4, 0.5) is 0 Å². The SMILES string of the molecule is NP(N)(=O)NC(=O)C=Cc1nc2ccccc2o1. The van der Waals surface area contributed by atoms with Gasteiger partial charge in [-0.05, 0) is 12.1 Å². The van der Waals surface area contributed by atoms with E-state index in [2.05, 4.69) is 4.98 Å². The van der Waals surface area contributed by atoms with Crippen molar-refractivity contribution in [2.75, 3.05) is 0 Å². The van der Waals surface area contributed by atoms with Crippen molar-refractivity contribution in [1.82, 2.24) is 10.1 Å². The van der Waals surface area contributed by atoms with Gasteiger partial charge in [0.1, 0.15) is 5.52 Å². The van der Waals surface area contributed by atoms with Crippen LogP contribution in [0.5, 0.6) is 0 Å². The molecule has 0 aliphatic carbocycles. The first-order valence-corrected chi connectivity index (χ1v) is 6.82. The Hall–Kier alpha value is -1.95. The van der Waals surface area contributed by atoms with Crippen LogP contribution in [0.3, 0.4) is 0 Å². The molecule has 1 aromatic carbocycles. The molecule has 8 heteroatoms. The first-order valence-electron chi connectivity index (χ1n) is 4.97. The lowest BCUT2D eigenvalue weighted by Crippen LogP contribution is -2.26. The smallest absolute Gasteiger partial charge is 0.300 e. The summed E-state index contributed by atoms with van der Waals surface area (Å²) in [5.74, 6) is -0.416. The quantitative estimate of drug-likeness (QED) is 0.562. The van der Waals surface area contributed by atoms with Gasteiger partial charge in [0.05, 0.1) is 0 Å².